The molecule has 0 heterocycles. The van der Waals surface area contributed by atoms with Gasteiger partial charge in [-0.05, 0) is 68.2 Å². The van der Waals surface area contributed by atoms with E-state index in [0.29, 0.717) is 11.5 Å². The third-order valence-corrected chi connectivity index (χ3v) is 4.73. The van der Waals surface area contributed by atoms with Crippen molar-refractivity contribution >= 4 is 5.97 Å². The lowest BCUT2D eigenvalue weighted by molar-refractivity contribution is 0.0185. The summed E-state index contributed by atoms with van der Waals surface area (Å²) in [6.45, 7) is 2.16. The van der Waals surface area contributed by atoms with Crippen LogP contribution in [0.5, 0.6) is 0 Å². The Hall–Kier alpha value is -2.41. The predicted octanol–water partition coefficient (Wildman–Crippen LogP) is 5.68. The van der Waals surface area contributed by atoms with Gasteiger partial charge in [0, 0.05) is 0 Å². The third-order valence-electron chi connectivity index (χ3n) is 4.73. The standard InChI is InChI=1S/C22H26FNO2/c1-2-3-5-17-8-12-19(13-9-17)22(25)26-21-14-10-18(11-15-21)6-4-7-20(23)16-24/h4,6-9,12-13,18,21H,2-3,5,10-11,14-15H2,1H3. The average molecular weight is 355 g/mol. The molecule has 1 fully saturated rings. The van der Waals surface area contributed by atoms with Crippen LogP contribution in [0.4, 0.5) is 4.39 Å². The Balaban J connectivity index is 1.78. The van der Waals surface area contributed by atoms with E-state index < -0.39 is 5.83 Å². The number of rotatable bonds is 7. The molecule has 0 unspecified atom stereocenters. The number of nitriles is 1. The van der Waals surface area contributed by atoms with Crippen LogP contribution in [-0.4, -0.2) is 12.1 Å². The van der Waals surface area contributed by atoms with Crippen molar-refractivity contribution in [2.75, 3.05) is 0 Å². The van der Waals surface area contributed by atoms with Crippen molar-refractivity contribution in [1.82, 2.24) is 0 Å². The molecule has 1 aromatic carbocycles. The maximum absolute atomic E-state index is 12.7. The van der Waals surface area contributed by atoms with Gasteiger partial charge in [0.25, 0.3) is 0 Å². The summed E-state index contributed by atoms with van der Waals surface area (Å²) in [6.07, 6.45) is 11.4. The highest BCUT2D eigenvalue weighted by atomic mass is 19.1. The van der Waals surface area contributed by atoms with Crippen LogP contribution in [0.3, 0.4) is 0 Å². The van der Waals surface area contributed by atoms with Crippen LogP contribution in [0.2, 0.25) is 0 Å². The monoisotopic (exact) mass is 355 g/mol. The lowest BCUT2D eigenvalue weighted by Gasteiger charge is -2.26. The fraction of sp³-hybridized carbons (Fsp3) is 0.455. The minimum Gasteiger partial charge on any atom is -0.459 e. The van der Waals surface area contributed by atoms with E-state index in [9.17, 15) is 9.18 Å². The van der Waals surface area contributed by atoms with Crippen molar-refractivity contribution in [3.8, 4) is 6.07 Å². The molecule has 138 valence electrons. The van der Waals surface area contributed by atoms with Gasteiger partial charge < -0.3 is 4.74 Å². The lowest BCUT2D eigenvalue weighted by atomic mass is 9.87. The second-order valence-electron chi connectivity index (χ2n) is 6.75. The van der Waals surface area contributed by atoms with Crippen molar-refractivity contribution in [3.05, 3.63) is 59.4 Å². The minimum atomic E-state index is -0.787. The molecule has 0 radical (unpaired) electrons. The molecule has 1 aliphatic rings. The van der Waals surface area contributed by atoms with E-state index in [1.54, 1.807) is 6.08 Å². The minimum absolute atomic E-state index is 0.0571. The molecule has 0 atom stereocenters. The van der Waals surface area contributed by atoms with E-state index in [1.165, 1.54) is 17.7 Å². The smallest absolute Gasteiger partial charge is 0.338 e. The number of nitrogens with zero attached hydrogens (tertiary/aromatic N) is 1. The first kappa shape index (κ1) is 19.9. The maximum atomic E-state index is 12.7. The van der Waals surface area contributed by atoms with Gasteiger partial charge in [0.05, 0.1) is 5.56 Å². The predicted molar refractivity (Wildman–Crippen MR) is 100 cm³/mol. The zero-order valence-electron chi connectivity index (χ0n) is 15.3. The van der Waals surface area contributed by atoms with Crippen LogP contribution in [-0.2, 0) is 11.2 Å². The Morgan fingerprint density at radius 3 is 2.58 bits per heavy atom. The first-order valence-corrected chi connectivity index (χ1v) is 9.36. The van der Waals surface area contributed by atoms with Gasteiger partial charge in [0.2, 0.25) is 0 Å². The number of aryl methyl sites for hydroxylation is 1. The number of benzene rings is 1. The Kier molecular flexibility index (Phi) is 8.08. The normalized spacial score (nSPS) is 20.7. The summed E-state index contributed by atoms with van der Waals surface area (Å²) in [6, 6.07) is 9.14. The Morgan fingerprint density at radius 1 is 1.27 bits per heavy atom. The van der Waals surface area contributed by atoms with Crippen molar-refractivity contribution in [2.45, 2.75) is 58.0 Å². The summed E-state index contributed by atoms with van der Waals surface area (Å²) in [4.78, 5) is 12.3. The molecular weight excluding hydrogens is 329 g/mol. The Labute approximate surface area is 155 Å². The summed E-state index contributed by atoms with van der Waals surface area (Å²) >= 11 is 0. The molecule has 0 bridgehead atoms. The number of halogens is 1. The number of ether oxygens (including phenoxy) is 1. The first-order chi connectivity index (χ1) is 12.6. The zero-order valence-corrected chi connectivity index (χ0v) is 15.3. The van der Waals surface area contributed by atoms with Gasteiger partial charge in [-0.1, -0.05) is 37.6 Å². The molecule has 0 aromatic heterocycles. The summed E-state index contributed by atoms with van der Waals surface area (Å²) in [5.41, 5.74) is 1.85. The highest BCUT2D eigenvalue weighted by Crippen LogP contribution is 2.28. The zero-order chi connectivity index (χ0) is 18.8. The molecule has 1 saturated carbocycles. The summed E-state index contributed by atoms with van der Waals surface area (Å²) in [7, 11) is 0. The van der Waals surface area contributed by atoms with Gasteiger partial charge in [0.15, 0.2) is 5.83 Å². The van der Waals surface area contributed by atoms with E-state index in [0.717, 1.165) is 44.9 Å². The maximum Gasteiger partial charge on any atom is 0.338 e. The topological polar surface area (TPSA) is 50.1 Å². The van der Waals surface area contributed by atoms with Gasteiger partial charge in [-0.15, -0.1) is 0 Å². The van der Waals surface area contributed by atoms with Gasteiger partial charge in [-0.25, -0.2) is 4.79 Å². The summed E-state index contributed by atoms with van der Waals surface area (Å²) in [5.74, 6) is -0.708. The lowest BCUT2D eigenvalue weighted by Crippen LogP contribution is -2.24. The van der Waals surface area contributed by atoms with E-state index in [1.807, 2.05) is 30.3 Å². The number of allylic oxidation sites excluding steroid dienone is 4. The van der Waals surface area contributed by atoms with Crippen LogP contribution in [0.15, 0.2) is 48.3 Å². The van der Waals surface area contributed by atoms with Crippen molar-refractivity contribution in [2.24, 2.45) is 5.92 Å². The van der Waals surface area contributed by atoms with Crippen LogP contribution in [0.1, 0.15) is 61.4 Å². The number of esters is 1. The Morgan fingerprint density at radius 2 is 1.96 bits per heavy atom. The molecular formula is C22H26FNO2. The third kappa shape index (κ3) is 6.48. The van der Waals surface area contributed by atoms with E-state index >= 15 is 0 Å². The largest absolute Gasteiger partial charge is 0.459 e. The molecule has 1 aromatic rings. The van der Waals surface area contributed by atoms with Crippen molar-refractivity contribution in [3.63, 3.8) is 0 Å². The highest BCUT2D eigenvalue weighted by Gasteiger charge is 2.23. The number of unbranched alkanes of at least 4 members (excludes halogenated alkanes) is 1. The summed E-state index contributed by atoms with van der Waals surface area (Å²) in [5, 5.41) is 8.36. The van der Waals surface area contributed by atoms with Gasteiger partial charge >= 0.3 is 5.97 Å². The molecule has 26 heavy (non-hydrogen) atoms. The fourth-order valence-corrected chi connectivity index (χ4v) is 3.14. The molecule has 2 rings (SSSR count). The molecule has 0 aliphatic heterocycles. The number of carbonyl (C=O) groups excluding carboxylic acids is 1. The van der Waals surface area contributed by atoms with Crippen LogP contribution >= 0.6 is 0 Å². The molecule has 0 amide bonds. The molecule has 3 nitrogen and oxygen atoms in total. The van der Waals surface area contributed by atoms with Crippen molar-refractivity contribution in [1.29, 1.82) is 5.26 Å². The molecule has 1 aliphatic carbocycles. The van der Waals surface area contributed by atoms with E-state index in [2.05, 4.69) is 6.92 Å². The average Bonchev–Trinajstić information content (AvgIpc) is 2.68. The SMILES string of the molecule is CCCCc1ccc(C(=O)OC2CCC(C=CC=C(F)C#N)CC2)cc1. The quantitative estimate of drug-likeness (QED) is 0.359. The molecule has 0 spiro atoms. The first-order valence-electron chi connectivity index (χ1n) is 9.36. The van der Waals surface area contributed by atoms with Gasteiger partial charge in [0.1, 0.15) is 12.2 Å². The molecule has 0 N–H and O–H groups in total. The second kappa shape index (κ2) is 10.6. The number of hydrogen-bond donors (Lipinski definition) is 0. The summed E-state index contributed by atoms with van der Waals surface area (Å²) < 4.78 is 18.4. The number of carbonyl (C=O) groups is 1. The van der Waals surface area contributed by atoms with E-state index in [4.69, 9.17) is 10.00 Å². The second-order valence-corrected chi connectivity index (χ2v) is 6.75. The van der Waals surface area contributed by atoms with Crippen LogP contribution < -0.4 is 0 Å². The fourth-order valence-electron chi connectivity index (χ4n) is 3.14. The number of hydrogen-bond acceptors (Lipinski definition) is 3. The van der Waals surface area contributed by atoms with Gasteiger partial charge in [-0.2, -0.15) is 9.65 Å². The Bertz CT molecular complexity index is 677. The van der Waals surface area contributed by atoms with Crippen LogP contribution in [0, 0.1) is 17.2 Å². The highest BCUT2D eigenvalue weighted by molar-refractivity contribution is 5.89. The van der Waals surface area contributed by atoms with Gasteiger partial charge in [-0.3, -0.25) is 0 Å². The molecule has 0 saturated heterocycles. The molecule has 4 heteroatoms. The van der Waals surface area contributed by atoms with Crippen molar-refractivity contribution < 1.29 is 13.9 Å². The van der Waals surface area contributed by atoms with Crippen LogP contribution in [0.25, 0.3) is 0 Å². The van der Waals surface area contributed by atoms with E-state index in [-0.39, 0.29) is 12.1 Å².